The highest BCUT2D eigenvalue weighted by atomic mass is 35.5. The minimum absolute atomic E-state index is 0.444. The van der Waals surface area contributed by atoms with Gasteiger partial charge in [0.2, 0.25) is 0 Å². The van der Waals surface area contributed by atoms with Crippen molar-refractivity contribution in [2.45, 2.75) is 44.4 Å². The molecule has 3 rings (SSSR count). The molecule has 0 spiro atoms. The van der Waals surface area contributed by atoms with Crippen LogP contribution in [-0.4, -0.2) is 24.3 Å². The standard InChI is InChI=1S/C16H19ClO4/c1-10-11(16(15(18)19)5-2-3-6-16)9-12(17)14-13(10)20-7-4-8-21-14/h9H,2-8H2,1H3,(H,18,19). The summed E-state index contributed by atoms with van der Waals surface area (Å²) in [5, 5.41) is 10.2. The maximum absolute atomic E-state index is 11.9. The van der Waals surface area contributed by atoms with Gasteiger partial charge in [-0.2, -0.15) is 0 Å². The van der Waals surface area contributed by atoms with E-state index in [1.807, 2.05) is 6.92 Å². The number of benzene rings is 1. The van der Waals surface area contributed by atoms with Crippen molar-refractivity contribution in [2.24, 2.45) is 0 Å². The van der Waals surface area contributed by atoms with Crippen molar-refractivity contribution < 1.29 is 19.4 Å². The first-order valence-corrected chi connectivity index (χ1v) is 7.76. The van der Waals surface area contributed by atoms with Gasteiger partial charge in [0.1, 0.15) is 0 Å². The van der Waals surface area contributed by atoms with Crippen molar-refractivity contribution in [1.82, 2.24) is 0 Å². The Hall–Kier alpha value is -1.42. The topological polar surface area (TPSA) is 55.8 Å². The fourth-order valence-corrected chi connectivity index (χ4v) is 3.74. The van der Waals surface area contributed by atoms with E-state index >= 15 is 0 Å². The van der Waals surface area contributed by atoms with Gasteiger partial charge in [0, 0.05) is 6.42 Å². The maximum Gasteiger partial charge on any atom is 0.314 e. The first kappa shape index (κ1) is 14.5. The van der Waals surface area contributed by atoms with Gasteiger partial charge in [0.25, 0.3) is 0 Å². The Morgan fingerprint density at radius 3 is 2.43 bits per heavy atom. The molecule has 21 heavy (non-hydrogen) atoms. The van der Waals surface area contributed by atoms with Gasteiger partial charge in [-0.15, -0.1) is 0 Å². The summed E-state index contributed by atoms with van der Waals surface area (Å²) in [5.74, 6) is 0.394. The number of rotatable bonds is 2. The summed E-state index contributed by atoms with van der Waals surface area (Å²) in [6, 6.07) is 1.77. The number of carboxylic acids is 1. The van der Waals surface area contributed by atoms with Gasteiger partial charge >= 0.3 is 5.97 Å². The van der Waals surface area contributed by atoms with Gasteiger partial charge in [0.05, 0.1) is 23.7 Å². The van der Waals surface area contributed by atoms with Gasteiger partial charge < -0.3 is 14.6 Å². The van der Waals surface area contributed by atoms with Crippen LogP contribution < -0.4 is 9.47 Å². The minimum Gasteiger partial charge on any atom is -0.489 e. The Balaban J connectivity index is 2.18. The number of carbonyl (C=O) groups is 1. The third-order valence-electron chi connectivity index (χ3n) is 4.60. The molecule has 1 fully saturated rings. The quantitative estimate of drug-likeness (QED) is 0.905. The van der Waals surface area contributed by atoms with E-state index in [4.69, 9.17) is 21.1 Å². The van der Waals surface area contributed by atoms with Gasteiger partial charge in [-0.3, -0.25) is 4.79 Å². The molecule has 1 aliphatic heterocycles. The Morgan fingerprint density at radius 1 is 1.19 bits per heavy atom. The van der Waals surface area contributed by atoms with Gasteiger partial charge in [-0.1, -0.05) is 24.4 Å². The van der Waals surface area contributed by atoms with Crippen LogP contribution in [0.25, 0.3) is 0 Å². The molecular formula is C16H19ClO4. The summed E-state index contributed by atoms with van der Waals surface area (Å²) in [6.07, 6.45) is 3.96. The zero-order valence-corrected chi connectivity index (χ0v) is 12.8. The number of fused-ring (bicyclic) bond motifs is 1. The number of carboxylic acid groups (broad SMARTS) is 1. The van der Waals surface area contributed by atoms with E-state index in [1.165, 1.54) is 0 Å². The number of ether oxygens (including phenoxy) is 2. The van der Waals surface area contributed by atoms with Crippen LogP contribution in [0, 0.1) is 6.92 Å². The zero-order valence-electron chi connectivity index (χ0n) is 12.1. The lowest BCUT2D eigenvalue weighted by Gasteiger charge is -2.28. The molecule has 1 N–H and O–H groups in total. The average molecular weight is 311 g/mol. The maximum atomic E-state index is 11.9. The van der Waals surface area contributed by atoms with Crippen molar-refractivity contribution in [3.8, 4) is 11.5 Å². The molecule has 0 aromatic heterocycles. The minimum atomic E-state index is -0.835. The second-order valence-corrected chi connectivity index (χ2v) is 6.24. The summed E-state index contributed by atoms with van der Waals surface area (Å²) in [4.78, 5) is 11.9. The van der Waals surface area contributed by atoms with E-state index in [2.05, 4.69) is 0 Å². The van der Waals surface area contributed by atoms with E-state index in [9.17, 15) is 9.90 Å². The molecule has 0 radical (unpaired) electrons. The highest BCUT2D eigenvalue weighted by Crippen LogP contribution is 2.49. The van der Waals surface area contributed by atoms with Crippen LogP contribution in [0.2, 0.25) is 5.02 Å². The summed E-state index contributed by atoms with van der Waals surface area (Å²) >= 11 is 6.34. The molecule has 114 valence electrons. The van der Waals surface area contributed by atoms with Crippen molar-refractivity contribution in [3.63, 3.8) is 0 Å². The van der Waals surface area contributed by atoms with Crippen LogP contribution in [0.5, 0.6) is 11.5 Å². The molecule has 0 atom stereocenters. The normalized spacial score (nSPS) is 20.1. The lowest BCUT2D eigenvalue weighted by atomic mass is 9.76. The molecule has 1 aliphatic carbocycles. The number of halogens is 1. The Labute approximate surface area is 129 Å². The lowest BCUT2D eigenvalue weighted by molar-refractivity contribution is -0.143. The molecule has 5 heteroatoms. The second-order valence-electron chi connectivity index (χ2n) is 5.83. The summed E-state index contributed by atoms with van der Waals surface area (Å²) in [5.41, 5.74) is 0.792. The average Bonchev–Trinajstić information content (AvgIpc) is 2.81. The molecule has 1 heterocycles. The fourth-order valence-electron chi connectivity index (χ4n) is 3.49. The fraction of sp³-hybridized carbons (Fsp3) is 0.562. The largest absolute Gasteiger partial charge is 0.489 e. The van der Waals surface area contributed by atoms with Crippen molar-refractivity contribution in [2.75, 3.05) is 13.2 Å². The number of hydrogen-bond donors (Lipinski definition) is 1. The molecule has 0 unspecified atom stereocenters. The molecule has 4 nitrogen and oxygen atoms in total. The summed E-state index contributed by atoms with van der Waals surface area (Å²) < 4.78 is 11.4. The van der Waals surface area contributed by atoms with Crippen LogP contribution in [-0.2, 0) is 10.2 Å². The van der Waals surface area contributed by atoms with Crippen LogP contribution in [0.15, 0.2) is 6.07 Å². The zero-order chi connectivity index (χ0) is 15.0. The van der Waals surface area contributed by atoms with Crippen LogP contribution in [0.1, 0.15) is 43.2 Å². The molecule has 2 aliphatic rings. The SMILES string of the molecule is Cc1c(C2(C(=O)O)CCCC2)cc(Cl)c2c1OCCCO2. The van der Waals surface area contributed by atoms with Crippen LogP contribution in [0.3, 0.4) is 0 Å². The second kappa shape index (κ2) is 5.41. The van der Waals surface area contributed by atoms with E-state index < -0.39 is 11.4 Å². The van der Waals surface area contributed by atoms with E-state index in [0.29, 0.717) is 42.6 Å². The van der Waals surface area contributed by atoms with Crippen molar-refractivity contribution in [3.05, 3.63) is 22.2 Å². The molecule has 0 amide bonds. The van der Waals surface area contributed by atoms with E-state index in [-0.39, 0.29) is 0 Å². The Bertz CT molecular complexity index is 576. The monoisotopic (exact) mass is 310 g/mol. The highest BCUT2D eigenvalue weighted by Gasteiger charge is 2.45. The molecule has 1 saturated carbocycles. The highest BCUT2D eigenvalue weighted by molar-refractivity contribution is 6.32. The predicted molar refractivity (Wildman–Crippen MR) is 79.6 cm³/mol. The molecule has 1 aromatic rings. The van der Waals surface area contributed by atoms with Crippen molar-refractivity contribution in [1.29, 1.82) is 0 Å². The van der Waals surface area contributed by atoms with Crippen LogP contribution in [0.4, 0.5) is 0 Å². The first-order valence-electron chi connectivity index (χ1n) is 7.39. The smallest absolute Gasteiger partial charge is 0.314 e. The van der Waals surface area contributed by atoms with Gasteiger partial charge in [-0.25, -0.2) is 0 Å². The third kappa shape index (κ3) is 2.26. The number of hydrogen-bond acceptors (Lipinski definition) is 3. The first-order chi connectivity index (χ1) is 10.1. The lowest BCUT2D eigenvalue weighted by Crippen LogP contribution is -2.33. The Morgan fingerprint density at radius 2 is 1.81 bits per heavy atom. The number of aliphatic carboxylic acids is 1. The summed E-state index contributed by atoms with van der Waals surface area (Å²) in [6.45, 7) is 3.03. The molecule has 1 aromatic carbocycles. The van der Waals surface area contributed by atoms with Crippen molar-refractivity contribution >= 4 is 17.6 Å². The third-order valence-corrected chi connectivity index (χ3v) is 4.88. The molecular weight excluding hydrogens is 292 g/mol. The van der Waals surface area contributed by atoms with Gasteiger partial charge in [0.15, 0.2) is 11.5 Å². The Kier molecular flexibility index (Phi) is 3.74. The predicted octanol–water partition coefficient (Wildman–Crippen LogP) is 3.71. The van der Waals surface area contributed by atoms with Crippen LogP contribution >= 0.6 is 11.6 Å². The van der Waals surface area contributed by atoms with Gasteiger partial charge in [-0.05, 0) is 37.0 Å². The van der Waals surface area contributed by atoms with E-state index in [0.717, 1.165) is 30.4 Å². The molecule has 0 saturated heterocycles. The van der Waals surface area contributed by atoms with E-state index in [1.54, 1.807) is 6.07 Å². The molecule has 0 bridgehead atoms. The summed E-state index contributed by atoms with van der Waals surface area (Å²) in [7, 11) is 0.